The predicted octanol–water partition coefficient (Wildman–Crippen LogP) is 3.09. The molecule has 1 saturated heterocycles. The van der Waals surface area contributed by atoms with E-state index in [2.05, 4.69) is 16.7 Å². The van der Waals surface area contributed by atoms with Crippen LogP contribution in [0.4, 0.5) is 5.69 Å². The summed E-state index contributed by atoms with van der Waals surface area (Å²) < 4.78 is 28.2. The van der Waals surface area contributed by atoms with Gasteiger partial charge in [-0.05, 0) is 58.1 Å². The molecule has 0 unspecified atom stereocenters. The molecule has 2 heterocycles. The second-order valence-electron chi connectivity index (χ2n) is 7.76. The minimum Gasteiger partial charge on any atom is -0.306 e. The summed E-state index contributed by atoms with van der Waals surface area (Å²) in [5, 5.41) is 6.18. The topological polar surface area (TPSA) is 84.3 Å². The van der Waals surface area contributed by atoms with E-state index in [9.17, 15) is 13.2 Å². The molecule has 8 heteroatoms. The quantitative estimate of drug-likeness (QED) is 0.678. The smallest absolute Gasteiger partial charge is 0.274 e. The zero-order valence-corrected chi connectivity index (χ0v) is 18.0. The number of aromatic nitrogens is 2. The normalized spacial score (nSPS) is 16.1. The minimum absolute atomic E-state index is 0.000582. The van der Waals surface area contributed by atoms with Crippen LogP contribution in [0.15, 0.2) is 53.3 Å². The van der Waals surface area contributed by atoms with Gasteiger partial charge in [-0.1, -0.05) is 30.3 Å². The standard InChI is InChI=1S/C22H26N4O3S/c1-3-30(28,29)24-17-8-6-7-16(15-17)21-19-9-4-5-10-20(19)22(27)26(23-21)18-11-13-25(2)14-12-18/h4-10,15,18,24H,3,11-14H2,1-2H3. The van der Waals surface area contributed by atoms with Gasteiger partial charge in [0, 0.05) is 16.6 Å². The van der Waals surface area contributed by atoms with E-state index in [0.29, 0.717) is 16.8 Å². The molecule has 0 amide bonds. The number of benzene rings is 2. The van der Waals surface area contributed by atoms with Crippen LogP contribution in [0, 0.1) is 0 Å². The molecule has 0 bridgehead atoms. The van der Waals surface area contributed by atoms with Crippen molar-refractivity contribution >= 4 is 26.5 Å². The van der Waals surface area contributed by atoms with Gasteiger partial charge in [0.25, 0.3) is 5.56 Å². The maximum Gasteiger partial charge on any atom is 0.274 e. The molecule has 1 aromatic heterocycles. The van der Waals surface area contributed by atoms with Gasteiger partial charge in [-0.3, -0.25) is 9.52 Å². The third-order valence-corrected chi connectivity index (χ3v) is 6.96. The number of hydrogen-bond donors (Lipinski definition) is 1. The average molecular weight is 427 g/mol. The van der Waals surface area contributed by atoms with E-state index in [1.54, 1.807) is 29.8 Å². The molecule has 0 aliphatic carbocycles. The second-order valence-corrected chi connectivity index (χ2v) is 9.78. The monoisotopic (exact) mass is 426 g/mol. The lowest BCUT2D eigenvalue weighted by atomic mass is 10.0. The highest BCUT2D eigenvalue weighted by molar-refractivity contribution is 7.92. The summed E-state index contributed by atoms with van der Waals surface area (Å²) in [4.78, 5) is 15.4. The third kappa shape index (κ3) is 4.11. The molecule has 1 aliphatic rings. The Morgan fingerprint density at radius 1 is 1.07 bits per heavy atom. The molecule has 7 nitrogen and oxygen atoms in total. The van der Waals surface area contributed by atoms with Crippen molar-refractivity contribution in [3.8, 4) is 11.3 Å². The summed E-state index contributed by atoms with van der Waals surface area (Å²) >= 11 is 0. The van der Waals surface area contributed by atoms with E-state index in [1.165, 1.54) is 0 Å². The maximum absolute atomic E-state index is 13.2. The number of nitrogens with one attached hydrogen (secondary N) is 1. The van der Waals surface area contributed by atoms with Gasteiger partial charge < -0.3 is 4.90 Å². The summed E-state index contributed by atoms with van der Waals surface area (Å²) in [6.45, 7) is 3.45. The predicted molar refractivity (Wildman–Crippen MR) is 120 cm³/mol. The van der Waals surface area contributed by atoms with Gasteiger partial charge in [-0.2, -0.15) is 5.10 Å². The Kier molecular flexibility index (Phi) is 5.62. The number of rotatable bonds is 5. The van der Waals surface area contributed by atoms with Crippen molar-refractivity contribution in [3.63, 3.8) is 0 Å². The van der Waals surface area contributed by atoms with Gasteiger partial charge in [-0.15, -0.1) is 0 Å². The molecule has 1 N–H and O–H groups in total. The van der Waals surface area contributed by atoms with Gasteiger partial charge in [0.2, 0.25) is 10.0 Å². The molecule has 4 rings (SSSR count). The van der Waals surface area contributed by atoms with Gasteiger partial charge in [-0.25, -0.2) is 13.1 Å². The molecule has 0 radical (unpaired) electrons. The maximum atomic E-state index is 13.2. The van der Waals surface area contributed by atoms with Crippen molar-refractivity contribution < 1.29 is 8.42 Å². The molecular formula is C22H26N4O3S. The van der Waals surface area contributed by atoms with Crippen LogP contribution < -0.4 is 10.3 Å². The fraction of sp³-hybridized carbons (Fsp3) is 0.364. The highest BCUT2D eigenvalue weighted by atomic mass is 32.2. The first-order chi connectivity index (χ1) is 14.4. The molecule has 1 fully saturated rings. The van der Waals surface area contributed by atoms with Crippen LogP contribution in [0.2, 0.25) is 0 Å². The van der Waals surface area contributed by atoms with Gasteiger partial charge in [0.05, 0.1) is 22.9 Å². The largest absolute Gasteiger partial charge is 0.306 e. The molecule has 158 valence electrons. The first-order valence-corrected chi connectivity index (χ1v) is 11.8. The minimum atomic E-state index is -3.38. The molecule has 0 spiro atoms. The van der Waals surface area contributed by atoms with Gasteiger partial charge in [0.1, 0.15) is 0 Å². The lowest BCUT2D eigenvalue weighted by Gasteiger charge is -2.29. The molecule has 1 aliphatic heterocycles. The summed E-state index contributed by atoms with van der Waals surface area (Å²) in [6, 6.07) is 14.7. The molecule has 30 heavy (non-hydrogen) atoms. The first-order valence-electron chi connectivity index (χ1n) is 10.2. The fourth-order valence-corrected chi connectivity index (χ4v) is 4.52. The van der Waals surface area contributed by atoms with E-state index in [0.717, 1.165) is 36.9 Å². The van der Waals surface area contributed by atoms with Crippen molar-refractivity contribution in [2.45, 2.75) is 25.8 Å². The Bertz CT molecular complexity index is 1230. The summed E-state index contributed by atoms with van der Waals surface area (Å²) in [5.41, 5.74) is 1.86. The number of anilines is 1. The van der Waals surface area contributed by atoms with Crippen LogP contribution >= 0.6 is 0 Å². The Hall–Kier alpha value is -2.71. The zero-order valence-electron chi connectivity index (χ0n) is 17.2. The highest BCUT2D eigenvalue weighted by Gasteiger charge is 2.22. The van der Waals surface area contributed by atoms with E-state index >= 15 is 0 Å². The highest BCUT2D eigenvalue weighted by Crippen LogP contribution is 2.29. The van der Waals surface area contributed by atoms with Crippen LogP contribution in [-0.2, 0) is 10.0 Å². The molecular weight excluding hydrogens is 400 g/mol. The van der Waals surface area contributed by atoms with Crippen molar-refractivity contribution in [1.82, 2.24) is 14.7 Å². The zero-order chi connectivity index (χ0) is 21.3. The van der Waals surface area contributed by atoms with E-state index in [4.69, 9.17) is 5.10 Å². The van der Waals surface area contributed by atoms with E-state index in [1.807, 2.05) is 30.3 Å². The van der Waals surface area contributed by atoms with Crippen LogP contribution in [0.5, 0.6) is 0 Å². The van der Waals surface area contributed by atoms with Crippen molar-refractivity contribution in [1.29, 1.82) is 0 Å². The lowest BCUT2D eigenvalue weighted by molar-refractivity contribution is 0.209. The fourth-order valence-electron chi connectivity index (χ4n) is 3.89. The second kappa shape index (κ2) is 8.20. The Morgan fingerprint density at radius 2 is 1.77 bits per heavy atom. The summed E-state index contributed by atoms with van der Waals surface area (Å²) in [6.07, 6.45) is 1.75. The van der Waals surface area contributed by atoms with Gasteiger partial charge >= 0.3 is 0 Å². The molecule has 0 saturated carbocycles. The van der Waals surface area contributed by atoms with Crippen LogP contribution in [0.25, 0.3) is 22.0 Å². The number of likely N-dealkylation sites (tertiary alicyclic amines) is 1. The van der Waals surface area contributed by atoms with Crippen molar-refractivity contribution in [2.75, 3.05) is 30.6 Å². The lowest BCUT2D eigenvalue weighted by Crippen LogP contribution is -2.36. The number of fused-ring (bicyclic) bond motifs is 1. The van der Waals surface area contributed by atoms with Crippen molar-refractivity contribution in [3.05, 3.63) is 58.9 Å². The first kappa shape index (κ1) is 20.6. The average Bonchev–Trinajstić information content (AvgIpc) is 2.75. The molecule has 0 atom stereocenters. The SMILES string of the molecule is CCS(=O)(=O)Nc1cccc(-c2nn(C3CCN(C)CC3)c(=O)c3ccccc23)c1. The number of sulfonamides is 1. The summed E-state index contributed by atoms with van der Waals surface area (Å²) in [5.74, 6) is -0.000582. The van der Waals surface area contributed by atoms with E-state index < -0.39 is 10.0 Å². The molecule has 3 aromatic rings. The van der Waals surface area contributed by atoms with Gasteiger partial charge in [0.15, 0.2) is 0 Å². The summed E-state index contributed by atoms with van der Waals surface area (Å²) in [7, 11) is -1.30. The van der Waals surface area contributed by atoms with Crippen molar-refractivity contribution in [2.24, 2.45) is 0 Å². The third-order valence-electron chi connectivity index (χ3n) is 5.65. The van der Waals surface area contributed by atoms with E-state index in [-0.39, 0.29) is 17.4 Å². The number of nitrogens with zero attached hydrogens (tertiary/aromatic N) is 3. The number of hydrogen-bond acceptors (Lipinski definition) is 5. The van der Waals surface area contributed by atoms with Crippen LogP contribution in [-0.4, -0.2) is 49.0 Å². The number of piperidine rings is 1. The molecule has 2 aromatic carbocycles. The van der Waals surface area contributed by atoms with Crippen LogP contribution in [0.1, 0.15) is 25.8 Å². The Morgan fingerprint density at radius 3 is 2.47 bits per heavy atom. The Labute approximate surface area is 176 Å². The Balaban J connectivity index is 1.85. The van der Waals surface area contributed by atoms with Crippen LogP contribution in [0.3, 0.4) is 0 Å².